The second-order valence-corrected chi connectivity index (χ2v) is 3.72. The maximum absolute atomic E-state index is 11.6. The second kappa shape index (κ2) is 5.98. The molecule has 1 saturated heterocycles. The molecule has 4 heteroatoms. The molecule has 14 heavy (non-hydrogen) atoms. The predicted octanol–water partition coefficient (Wildman–Crippen LogP) is 0.280. The van der Waals surface area contributed by atoms with Gasteiger partial charge in [0.1, 0.15) is 0 Å². The number of carbonyl (C=O) groups excluding carboxylic acids is 1. The molecule has 0 spiro atoms. The topological polar surface area (TPSA) is 50.4 Å². The van der Waals surface area contributed by atoms with Crippen molar-refractivity contribution in [2.45, 2.75) is 38.8 Å². The average molecular weight is 200 g/mol. The summed E-state index contributed by atoms with van der Waals surface area (Å²) in [4.78, 5) is 11.6. The normalized spacial score (nSPS) is 23.4. The first-order valence-electron chi connectivity index (χ1n) is 5.35. The highest BCUT2D eigenvalue weighted by molar-refractivity contribution is 5.82. The van der Waals surface area contributed by atoms with Crippen molar-refractivity contribution in [1.29, 1.82) is 0 Å². The monoisotopic (exact) mass is 200 g/mol. The largest absolute Gasteiger partial charge is 0.380 e. The lowest BCUT2D eigenvalue weighted by Crippen LogP contribution is -2.45. The zero-order valence-electron chi connectivity index (χ0n) is 9.01. The first-order valence-corrected chi connectivity index (χ1v) is 5.35. The Labute approximate surface area is 85.4 Å². The number of nitrogens with one attached hydrogen (secondary N) is 2. The van der Waals surface area contributed by atoms with Gasteiger partial charge >= 0.3 is 0 Å². The molecule has 0 saturated carbocycles. The molecule has 82 valence electrons. The van der Waals surface area contributed by atoms with E-state index >= 15 is 0 Å². The molecule has 0 aromatic heterocycles. The first kappa shape index (κ1) is 11.5. The van der Waals surface area contributed by atoms with Crippen LogP contribution in [0.5, 0.6) is 0 Å². The van der Waals surface area contributed by atoms with Crippen molar-refractivity contribution >= 4 is 5.91 Å². The number of amides is 1. The zero-order valence-corrected chi connectivity index (χ0v) is 9.01. The fraction of sp³-hybridized carbons (Fsp3) is 0.900. The maximum Gasteiger partial charge on any atom is 0.237 e. The summed E-state index contributed by atoms with van der Waals surface area (Å²) in [5.74, 6) is 0.106. The van der Waals surface area contributed by atoms with Crippen LogP contribution >= 0.6 is 0 Å². The third-order valence-corrected chi connectivity index (χ3v) is 2.34. The number of carbonyl (C=O) groups is 1. The molecule has 2 N–H and O–H groups in total. The lowest BCUT2D eigenvalue weighted by Gasteiger charge is -2.16. The molecule has 0 aliphatic carbocycles. The minimum Gasteiger partial charge on any atom is -0.380 e. The Hall–Kier alpha value is -0.610. The van der Waals surface area contributed by atoms with E-state index in [1.165, 1.54) is 0 Å². The van der Waals surface area contributed by atoms with Gasteiger partial charge in [0.15, 0.2) is 0 Å². The van der Waals surface area contributed by atoms with E-state index in [-0.39, 0.29) is 18.0 Å². The highest BCUT2D eigenvalue weighted by Gasteiger charge is 2.22. The van der Waals surface area contributed by atoms with Gasteiger partial charge in [0.05, 0.1) is 12.6 Å². The minimum atomic E-state index is 0.0130. The smallest absolute Gasteiger partial charge is 0.237 e. The lowest BCUT2D eigenvalue weighted by atomic mass is 10.2. The SMILES string of the molecule is CCOCC(C)NC(=O)C1CCCN1. The predicted molar refractivity (Wildman–Crippen MR) is 55.1 cm³/mol. The molecule has 1 heterocycles. The molecule has 1 rings (SSSR count). The Kier molecular flexibility index (Phi) is 4.90. The van der Waals surface area contributed by atoms with Gasteiger partial charge in [-0.2, -0.15) is 0 Å². The highest BCUT2D eigenvalue weighted by atomic mass is 16.5. The highest BCUT2D eigenvalue weighted by Crippen LogP contribution is 2.04. The van der Waals surface area contributed by atoms with E-state index < -0.39 is 0 Å². The van der Waals surface area contributed by atoms with E-state index in [2.05, 4.69) is 10.6 Å². The molecule has 2 atom stereocenters. The fourth-order valence-corrected chi connectivity index (χ4v) is 1.59. The molecule has 4 nitrogen and oxygen atoms in total. The number of rotatable bonds is 5. The Morgan fingerprint density at radius 1 is 1.71 bits per heavy atom. The van der Waals surface area contributed by atoms with Crippen molar-refractivity contribution in [3.8, 4) is 0 Å². The molecule has 1 aliphatic rings. The van der Waals surface area contributed by atoms with Crippen molar-refractivity contribution in [2.75, 3.05) is 19.8 Å². The van der Waals surface area contributed by atoms with Gasteiger partial charge in [0.25, 0.3) is 0 Å². The van der Waals surface area contributed by atoms with E-state index in [0.717, 1.165) is 19.4 Å². The average Bonchev–Trinajstić information content (AvgIpc) is 2.67. The van der Waals surface area contributed by atoms with Gasteiger partial charge in [-0.15, -0.1) is 0 Å². The van der Waals surface area contributed by atoms with Crippen LogP contribution in [0, 0.1) is 0 Å². The van der Waals surface area contributed by atoms with Gasteiger partial charge in [0.2, 0.25) is 5.91 Å². The van der Waals surface area contributed by atoms with Crippen molar-refractivity contribution in [3.63, 3.8) is 0 Å². The maximum atomic E-state index is 11.6. The van der Waals surface area contributed by atoms with Crippen molar-refractivity contribution in [2.24, 2.45) is 0 Å². The summed E-state index contributed by atoms with van der Waals surface area (Å²) in [6.07, 6.45) is 2.05. The molecule has 0 aromatic carbocycles. The van der Waals surface area contributed by atoms with Gasteiger partial charge in [-0.05, 0) is 33.2 Å². The molecule has 1 fully saturated rings. The Bertz CT molecular complexity index is 179. The van der Waals surface area contributed by atoms with Crippen molar-refractivity contribution in [1.82, 2.24) is 10.6 Å². The van der Waals surface area contributed by atoms with Crippen LogP contribution in [0.1, 0.15) is 26.7 Å². The molecule has 0 bridgehead atoms. The van der Waals surface area contributed by atoms with Crippen LogP contribution in [0.4, 0.5) is 0 Å². The standard InChI is InChI=1S/C10H20N2O2/c1-3-14-7-8(2)12-10(13)9-5-4-6-11-9/h8-9,11H,3-7H2,1-2H3,(H,12,13). The second-order valence-electron chi connectivity index (χ2n) is 3.72. The van der Waals surface area contributed by atoms with Gasteiger partial charge in [-0.1, -0.05) is 0 Å². The van der Waals surface area contributed by atoms with Crippen molar-refractivity contribution in [3.05, 3.63) is 0 Å². The van der Waals surface area contributed by atoms with Crippen molar-refractivity contribution < 1.29 is 9.53 Å². The van der Waals surface area contributed by atoms with Crippen LogP contribution in [0.2, 0.25) is 0 Å². The number of hydrogen-bond donors (Lipinski definition) is 2. The van der Waals surface area contributed by atoms with E-state index in [4.69, 9.17) is 4.74 Å². The first-order chi connectivity index (χ1) is 6.74. The Balaban J connectivity index is 2.18. The quantitative estimate of drug-likeness (QED) is 0.670. The fourth-order valence-electron chi connectivity index (χ4n) is 1.59. The molecular weight excluding hydrogens is 180 g/mol. The molecule has 1 aliphatic heterocycles. The minimum absolute atomic E-state index is 0.0130. The van der Waals surface area contributed by atoms with Crippen LogP contribution in [0.25, 0.3) is 0 Å². The summed E-state index contributed by atoms with van der Waals surface area (Å²) in [6, 6.07) is 0.115. The number of ether oxygens (including phenoxy) is 1. The summed E-state index contributed by atoms with van der Waals surface area (Å²) in [5, 5.41) is 6.10. The number of hydrogen-bond acceptors (Lipinski definition) is 3. The van der Waals surface area contributed by atoms with Crippen LogP contribution in [0.15, 0.2) is 0 Å². The molecule has 1 amide bonds. The molecule has 2 unspecified atom stereocenters. The van der Waals surface area contributed by atoms with Crippen LogP contribution in [0.3, 0.4) is 0 Å². The van der Waals surface area contributed by atoms with Gasteiger partial charge in [-0.25, -0.2) is 0 Å². The van der Waals surface area contributed by atoms with E-state index in [1.807, 2.05) is 13.8 Å². The third-order valence-electron chi connectivity index (χ3n) is 2.34. The van der Waals surface area contributed by atoms with E-state index in [1.54, 1.807) is 0 Å². The lowest BCUT2D eigenvalue weighted by molar-refractivity contribution is -0.123. The van der Waals surface area contributed by atoms with Crippen LogP contribution in [-0.2, 0) is 9.53 Å². The van der Waals surface area contributed by atoms with Gasteiger partial charge in [-0.3, -0.25) is 4.79 Å². The molecule has 0 aromatic rings. The third kappa shape index (κ3) is 3.64. The Morgan fingerprint density at radius 2 is 2.50 bits per heavy atom. The summed E-state index contributed by atoms with van der Waals surface area (Å²) < 4.78 is 5.22. The molecular formula is C10H20N2O2. The van der Waals surface area contributed by atoms with Gasteiger partial charge < -0.3 is 15.4 Å². The molecule has 0 radical (unpaired) electrons. The summed E-state index contributed by atoms with van der Waals surface area (Å²) >= 11 is 0. The van der Waals surface area contributed by atoms with Gasteiger partial charge in [0, 0.05) is 12.6 Å². The van der Waals surface area contributed by atoms with E-state index in [9.17, 15) is 4.79 Å². The van der Waals surface area contributed by atoms with E-state index in [0.29, 0.717) is 13.2 Å². The zero-order chi connectivity index (χ0) is 10.4. The summed E-state index contributed by atoms with van der Waals surface area (Å²) in [6.45, 7) is 6.16. The van der Waals surface area contributed by atoms with Crippen LogP contribution < -0.4 is 10.6 Å². The van der Waals surface area contributed by atoms with Crippen LogP contribution in [-0.4, -0.2) is 37.7 Å². The summed E-state index contributed by atoms with van der Waals surface area (Å²) in [7, 11) is 0. The Morgan fingerprint density at radius 3 is 3.07 bits per heavy atom. The summed E-state index contributed by atoms with van der Waals surface area (Å²) in [5.41, 5.74) is 0.